The molecule has 1 fully saturated rings. The third-order valence-corrected chi connectivity index (χ3v) is 1.43. The van der Waals surface area contributed by atoms with Gasteiger partial charge in [-0.1, -0.05) is 19.8 Å². The SMILES string of the molecule is CCCCCON1CC1. The largest absolute Gasteiger partial charge is 0.299 e. The lowest BCUT2D eigenvalue weighted by Crippen LogP contribution is -2.00. The topological polar surface area (TPSA) is 12.2 Å². The van der Waals surface area contributed by atoms with Crippen LogP contribution >= 0.6 is 0 Å². The molecule has 0 radical (unpaired) electrons. The summed E-state index contributed by atoms with van der Waals surface area (Å²) in [7, 11) is 0. The first kappa shape index (κ1) is 7.03. The summed E-state index contributed by atoms with van der Waals surface area (Å²) in [4.78, 5) is 5.29. The summed E-state index contributed by atoms with van der Waals surface area (Å²) >= 11 is 0. The maximum Gasteiger partial charge on any atom is 0.0685 e. The predicted octanol–water partition coefficient (Wildman–Crippen LogP) is 1.42. The Morgan fingerprint density at radius 2 is 2.11 bits per heavy atom. The van der Waals surface area contributed by atoms with Gasteiger partial charge in [-0.05, 0) is 6.42 Å². The van der Waals surface area contributed by atoms with E-state index in [-0.39, 0.29) is 0 Å². The molecule has 1 heterocycles. The zero-order valence-electron chi connectivity index (χ0n) is 6.10. The third kappa shape index (κ3) is 3.49. The van der Waals surface area contributed by atoms with Gasteiger partial charge in [0, 0.05) is 13.1 Å². The lowest BCUT2D eigenvalue weighted by molar-refractivity contribution is -0.0653. The zero-order chi connectivity index (χ0) is 6.53. The minimum Gasteiger partial charge on any atom is -0.299 e. The van der Waals surface area contributed by atoms with Crippen LogP contribution in [0.25, 0.3) is 0 Å². The van der Waals surface area contributed by atoms with Gasteiger partial charge in [0.15, 0.2) is 0 Å². The van der Waals surface area contributed by atoms with E-state index in [1.165, 1.54) is 19.3 Å². The van der Waals surface area contributed by atoms with Crippen molar-refractivity contribution in [1.82, 2.24) is 5.06 Å². The highest BCUT2D eigenvalue weighted by Gasteiger charge is 2.16. The molecule has 1 saturated heterocycles. The van der Waals surface area contributed by atoms with Gasteiger partial charge in [0.25, 0.3) is 0 Å². The zero-order valence-corrected chi connectivity index (χ0v) is 6.10. The van der Waals surface area contributed by atoms with Crippen molar-refractivity contribution < 1.29 is 4.84 Å². The highest BCUT2D eigenvalue weighted by atomic mass is 16.7. The van der Waals surface area contributed by atoms with E-state index < -0.39 is 0 Å². The minimum absolute atomic E-state index is 0.924. The molecule has 0 amide bonds. The molecule has 0 spiro atoms. The summed E-state index contributed by atoms with van der Waals surface area (Å²) < 4.78 is 0. The molecule has 1 rings (SSSR count). The summed E-state index contributed by atoms with van der Waals surface area (Å²) in [5, 5.41) is 2.00. The van der Waals surface area contributed by atoms with Crippen molar-refractivity contribution >= 4 is 0 Å². The second-order valence-electron chi connectivity index (χ2n) is 2.47. The van der Waals surface area contributed by atoms with Gasteiger partial charge in [0.05, 0.1) is 6.61 Å². The summed E-state index contributed by atoms with van der Waals surface area (Å²) in [5.41, 5.74) is 0. The van der Waals surface area contributed by atoms with Crippen LogP contribution in [0.2, 0.25) is 0 Å². The molecule has 54 valence electrons. The Labute approximate surface area is 56.8 Å². The Balaban J connectivity index is 1.71. The van der Waals surface area contributed by atoms with Crippen LogP contribution in [-0.2, 0) is 4.84 Å². The van der Waals surface area contributed by atoms with Crippen molar-refractivity contribution in [2.45, 2.75) is 26.2 Å². The fraction of sp³-hybridized carbons (Fsp3) is 1.00. The van der Waals surface area contributed by atoms with Crippen LogP contribution in [0.1, 0.15) is 26.2 Å². The molecular formula is C7H15NO. The fourth-order valence-electron chi connectivity index (χ4n) is 0.716. The van der Waals surface area contributed by atoms with Crippen LogP contribution in [0.15, 0.2) is 0 Å². The molecule has 2 nitrogen and oxygen atoms in total. The Hall–Kier alpha value is -0.0800. The molecule has 0 aliphatic carbocycles. The van der Waals surface area contributed by atoms with Crippen LogP contribution in [0.3, 0.4) is 0 Å². The van der Waals surface area contributed by atoms with Crippen molar-refractivity contribution in [3.05, 3.63) is 0 Å². The van der Waals surface area contributed by atoms with E-state index in [0.29, 0.717) is 0 Å². The van der Waals surface area contributed by atoms with Crippen molar-refractivity contribution in [3.8, 4) is 0 Å². The van der Waals surface area contributed by atoms with Gasteiger partial charge in [-0.15, -0.1) is 0 Å². The maximum atomic E-state index is 5.29. The fourth-order valence-corrected chi connectivity index (χ4v) is 0.716. The average molecular weight is 129 g/mol. The average Bonchev–Trinajstić information content (AvgIpc) is 2.63. The van der Waals surface area contributed by atoms with Crippen LogP contribution in [0.5, 0.6) is 0 Å². The standard InChI is InChI=1S/C7H15NO/c1-2-3-4-7-9-8-5-6-8/h2-7H2,1H3. The van der Waals surface area contributed by atoms with E-state index in [1.807, 2.05) is 5.06 Å². The van der Waals surface area contributed by atoms with Gasteiger partial charge in [0.2, 0.25) is 0 Å². The Kier molecular flexibility index (Phi) is 3.01. The minimum atomic E-state index is 0.924. The number of unbranched alkanes of at least 4 members (excludes halogenated alkanes) is 2. The van der Waals surface area contributed by atoms with E-state index in [1.54, 1.807) is 0 Å². The van der Waals surface area contributed by atoms with Crippen LogP contribution in [0.4, 0.5) is 0 Å². The molecule has 1 aliphatic rings. The van der Waals surface area contributed by atoms with E-state index in [2.05, 4.69) is 6.92 Å². The number of hydrogen-bond acceptors (Lipinski definition) is 2. The molecule has 1 aliphatic heterocycles. The van der Waals surface area contributed by atoms with E-state index >= 15 is 0 Å². The quantitative estimate of drug-likeness (QED) is 0.411. The maximum absolute atomic E-state index is 5.29. The van der Waals surface area contributed by atoms with Crippen LogP contribution in [0, 0.1) is 0 Å². The second-order valence-corrected chi connectivity index (χ2v) is 2.47. The van der Waals surface area contributed by atoms with Gasteiger partial charge in [0.1, 0.15) is 0 Å². The second kappa shape index (κ2) is 3.85. The molecule has 2 heteroatoms. The number of hydrogen-bond donors (Lipinski definition) is 0. The van der Waals surface area contributed by atoms with Crippen molar-refractivity contribution in [3.63, 3.8) is 0 Å². The van der Waals surface area contributed by atoms with E-state index in [0.717, 1.165) is 19.7 Å². The molecular weight excluding hydrogens is 114 g/mol. The molecule has 0 N–H and O–H groups in total. The smallest absolute Gasteiger partial charge is 0.0685 e. The molecule has 0 atom stereocenters. The highest BCUT2D eigenvalue weighted by Crippen LogP contribution is 2.05. The predicted molar refractivity (Wildman–Crippen MR) is 37.0 cm³/mol. The molecule has 0 unspecified atom stereocenters. The molecule has 0 aromatic rings. The Morgan fingerprint density at radius 1 is 1.33 bits per heavy atom. The van der Waals surface area contributed by atoms with Gasteiger partial charge in [-0.3, -0.25) is 4.84 Å². The summed E-state index contributed by atoms with van der Waals surface area (Å²) in [6.07, 6.45) is 3.80. The Bertz CT molecular complexity index is 71.3. The number of hydroxylamine groups is 2. The first-order chi connectivity index (χ1) is 4.43. The summed E-state index contributed by atoms with van der Waals surface area (Å²) in [5.74, 6) is 0. The van der Waals surface area contributed by atoms with Crippen molar-refractivity contribution in [2.24, 2.45) is 0 Å². The third-order valence-electron chi connectivity index (χ3n) is 1.43. The van der Waals surface area contributed by atoms with E-state index in [9.17, 15) is 0 Å². The lowest BCUT2D eigenvalue weighted by atomic mass is 10.3. The molecule has 0 saturated carbocycles. The Morgan fingerprint density at radius 3 is 2.67 bits per heavy atom. The molecule has 0 aromatic heterocycles. The molecule has 9 heavy (non-hydrogen) atoms. The number of nitrogens with zero attached hydrogens (tertiary/aromatic N) is 1. The van der Waals surface area contributed by atoms with Gasteiger partial charge >= 0.3 is 0 Å². The summed E-state index contributed by atoms with van der Waals surface area (Å²) in [6.45, 7) is 5.42. The van der Waals surface area contributed by atoms with Gasteiger partial charge < -0.3 is 0 Å². The lowest BCUT2D eigenvalue weighted by Gasteiger charge is -2.00. The monoisotopic (exact) mass is 129 g/mol. The van der Waals surface area contributed by atoms with E-state index in [4.69, 9.17) is 4.84 Å². The van der Waals surface area contributed by atoms with Crippen molar-refractivity contribution in [1.29, 1.82) is 0 Å². The normalized spacial score (nSPS) is 18.3. The van der Waals surface area contributed by atoms with Crippen LogP contribution in [-0.4, -0.2) is 24.8 Å². The van der Waals surface area contributed by atoms with Crippen LogP contribution < -0.4 is 0 Å². The first-order valence-electron chi connectivity index (χ1n) is 3.81. The molecule has 0 aromatic carbocycles. The highest BCUT2D eigenvalue weighted by molar-refractivity contribution is 4.60. The number of rotatable bonds is 5. The first-order valence-corrected chi connectivity index (χ1v) is 3.81. The molecule has 0 bridgehead atoms. The summed E-state index contributed by atoms with van der Waals surface area (Å²) in [6, 6.07) is 0. The van der Waals surface area contributed by atoms with Crippen molar-refractivity contribution in [2.75, 3.05) is 19.7 Å². The van der Waals surface area contributed by atoms with Gasteiger partial charge in [-0.2, -0.15) is 5.06 Å². The van der Waals surface area contributed by atoms with Gasteiger partial charge in [-0.25, -0.2) is 0 Å².